The molecule has 2 aromatic carbocycles. The van der Waals surface area contributed by atoms with Crippen LogP contribution in [-0.4, -0.2) is 31.2 Å². The number of anilines is 1. The lowest BCUT2D eigenvalue weighted by molar-refractivity contribution is 0.0931. The minimum atomic E-state index is -0.115. The van der Waals surface area contributed by atoms with Gasteiger partial charge < -0.3 is 20.5 Å². The topological polar surface area (TPSA) is 86.5 Å². The third-order valence-corrected chi connectivity index (χ3v) is 5.52. The Labute approximate surface area is 168 Å². The Balaban J connectivity index is 0.000000188. The van der Waals surface area contributed by atoms with Crippen molar-refractivity contribution >= 4 is 32.6 Å². The van der Waals surface area contributed by atoms with Crippen molar-refractivity contribution < 1.29 is 14.3 Å². The molecule has 4 rings (SSSR count). The number of rotatable bonds is 4. The number of benzene rings is 2. The van der Waals surface area contributed by atoms with Gasteiger partial charge in [0, 0.05) is 6.04 Å². The van der Waals surface area contributed by atoms with E-state index in [1.165, 1.54) is 24.2 Å². The Kier molecular flexibility index (Phi) is 6.71. The zero-order valence-corrected chi connectivity index (χ0v) is 16.9. The molecule has 0 aliphatic heterocycles. The molecule has 148 valence electrons. The number of hydrogen-bond acceptors (Lipinski definition) is 6. The number of ether oxygens (including phenoxy) is 2. The summed E-state index contributed by atoms with van der Waals surface area (Å²) in [5.74, 6) is 0.978. The summed E-state index contributed by atoms with van der Waals surface area (Å²) >= 11 is 1.52. The summed E-state index contributed by atoms with van der Waals surface area (Å²) < 4.78 is 11.6. The molecule has 1 aliphatic rings. The van der Waals surface area contributed by atoms with Gasteiger partial charge in [-0.25, -0.2) is 4.98 Å². The molecule has 7 heteroatoms. The molecule has 3 N–H and O–H groups in total. The average Bonchev–Trinajstić information content (AvgIpc) is 3.35. The molecule has 6 nitrogen and oxygen atoms in total. The monoisotopic (exact) mass is 399 g/mol. The molecule has 0 radical (unpaired) electrons. The summed E-state index contributed by atoms with van der Waals surface area (Å²) in [4.78, 5) is 16.4. The average molecular weight is 400 g/mol. The Morgan fingerprint density at radius 2 is 1.71 bits per heavy atom. The van der Waals surface area contributed by atoms with Gasteiger partial charge in [0.15, 0.2) is 5.13 Å². The zero-order chi connectivity index (χ0) is 19.9. The highest BCUT2D eigenvalue weighted by Crippen LogP contribution is 2.29. The van der Waals surface area contributed by atoms with E-state index in [-0.39, 0.29) is 11.9 Å². The summed E-state index contributed by atoms with van der Waals surface area (Å²) in [7, 11) is 3.11. The maximum Gasteiger partial charge on any atom is 0.259 e. The number of nitrogen functional groups attached to an aromatic ring is 1. The van der Waals surface area contributed by atoms with E-state index < -0.39 is 0 Å². The standard InChI is InChI=1S/C14H19NO3.C7H6N2S/c1-17-11-8-5-9-12(18-2)13(11)14(16)15-10-6-3-4-7-10;8-7-9-5-3-1-2-4-6(5)10-7/h5,8-10H,3-4,6-7H2,1-2H3,(H,15,16);1-4H,(H2,8,9). The fourth-order valence-electron chi connectivity index (χ4n) is 3.29. The van der Waals surface area contributed by atoms with E-state index in [0.717, 1.165) is 23.1 Å². The van der Waals surface area contributed by atoms with Crippen LogP contribution in [0.4, 0.5) is 5.13 Å². The Bertz CT molecular complexity index is 880. The van der Waals surface area contributed by atoms with Crippen LogP contribution in [0.2, 0.25) is 0 Å². The van der Waals surface area contributed by atoms with Crippen LogP contribution in [0.15, 0.2) is 42.5 Å². The van der Waals surface area contributed by atoms with Crippen molar-refractivity contribution in [2.75, 3.05) is 20.0 Å². The highest BCUT2D eigenvalue weighted by molar-refractivity contribution is 7.22. The maximum atomic E-state index is 12.3. The number of methoxy groups -OCH3 is 2. The second-order valence-corrected chi connectivity index (χ2v) is 7.57. The van der Waals surface area contributed by atoms with Crippen LogP contribution in [-0.2, 0) is 0 Å². The first kappa shape index (κ1) is 19.9. The second-order valence-electron chi connectivity index (χ2n) is 6.51. The first-order valence-corrected chi connectivity index (χ1v) is 10.1. The summed E-state index contributed by atoms with van der Waals surface area (Å²) in [6.07, 6.45) is 4.49. The van der Waals surface area contributed by atoms with E-state index in [2.05, 4.69) is 10.3 Å². The molecule has 0 bridgehead atoms. The van der Waals surface area contributed by atoms with Crippen LogP contribution in [0.1, 0.15) is 36.0 Å². The quantitative estimate of drug-likeness (QED) is 0.685. The van der Waals surface area contributed by atoms with Crippen LogP contribution in [0.5, 0.6) is 11.5 Å². The number of nitrogens with one attached hydrogen (secondary N) is 1. The van der Waals surface area contributed by atoms with E-state index >= 15 is 0 Å². The number of fused-ring (bicyclic) bond motifs is 1. The van der Waals surface area contributed by atoms with Crippen LogP contribution in [0, 0.1) is 0 Å². The molecular formula is C21H25N3O3S. The predicted octanol–water partition coefficient (Wildman–Crippen LogP) is 4.25. The summed E-state index contributed by atoms with van der Waals surface area (Å²) in [6.45, 7) is 0. The van der Waals surface area contributed by atoms with Crippen molar-refractivity contribution in [1.82, 2.24) is 10.3 Å². The number of aromatic nitrogens is 1. The molecular weight excluding hydrogens is 374 g/mol. The van der Waals surface area contributed by atoms with Gasteiger partial charge in [0.25, 0.3) is 5.91 Å². The number of amides is 1. The van der Waals surface area contributed by atoms with Gasteiger partial charge in [0.2, 0.25) is 0 Å². The first-order chi connectivity index (χ1) is 13.6. The lowest BCUT2D eigenvalue weighted by atomic mass is 10.1. The number of carbonyl (C=O) groups is 1. The minimum Gasteiger partial charge on any atom is -0.496 e. The molecule has 28 heavy (non-hydrogen) atoms. The molecule has 3 aromatic rings. The van der Waals surface area contributed by atoms with E-state index in [1.54, 1.807) is 26.4 Å². The number of para-hydroxylation sites is 1. The molecule has 0 unspecified atom stereocenters. The van der Waals surface area contributed by atoms with Crippen LogP contribution < -0.4 is 20.5 Å². The van der Waals surface area contributed by atoms with Gasteiger partial charge >= 0.3 is 0 Å². The van der Waals surface area contributed by atoms with Crippen molar-refractivity contribution in [1.29, 1.82) is 0 Å². The van der Waals surface area contributed by atoms with Crippen LogP contribution in [0.25, 0.3) is 10.2 Å². The van der Waals surface area contributed by atoms with Gasteiger partial charge in [-0.05, 0) is 37.1 Å². The number of hydrogen-bond donors (Lipinski definition) is 2. The Morgan fingerprint density at radius 3 is 2.32 bits per heavy atom. The van der Waals surface area contributed by atoms with E-state index in [0.29, 0.717) is 22.2 Å². The number of nitrogens with two attached hydrogens (primary N) is 1. The molecule has 1 amide bonds. The summed E-state index contributed by atoms with van der Waals surface area (Å²) in [5, 5.41) is 3.69. The lowest BCUT2D eigenvalue weighted by Crippen LogP contribution is -2.33. The van der Waals surface area contributed by atoms with E-state index in [9.17, 15) is 4.79 Å². The maximum absolute atomic E-state index is 12.3. The van der Waals surface area contributed by atoms with Crippen molar-refractivity contribution in [3.8, 4) is 11.5 Å². The van der Waals surface area contributed by atoms with Gasteiger partial charge in [-0.1, -0.05) is 42.4 Å². The Hall–Kier alpha value is -2.80. The molecule has 1 aromatic heterocycles. The normalized spacial score (nSPS) is 13.6. The van der Waals surface area contributed by atoms with Gasteiger partial charge in [-0.3, -0.25) is 4.79 Å². The fraction of sp³-hybridized carbons (Fsp3) is 0.333. The summed E-state index contributed by atoms with van der Waals surface area (Å²) in [5.41, 5.74) is 6.97. The van der Waals surface area contributed by atoms with Gasteiger partial charge in [-0.2, -0.15) is 0 Å². The second kappa shape index (κ2) is 9.41. The first-order valence-electron chi connectivity index (χ1n) is 9.25. The number of carbonyl (C=O) groups excluding carboxylic acids is 1. The highest BCUT2D eigenvalue weighted by atomic mass is 32.1. The number of thiazole rings is 1. The fourth-order valence-corrected chi connectivity index (χ4v) is 4.03. The lowest BCUT2D eigenvalue weighted by Gasteiger charge is -2.16. The predicted molar refractivity (Wildman–Crippen MR) is 113 cm³/mol. The molecule has 1 aliphatic carbocycles. The Morgan fingerprint density at radius 1 is 1.07 bits per heavy atom. The minimum absolute atomic E-state index is 0.115. The third-order valence-electron chi connectivity index (χ3n) is 4.66. The number of nitrogens with zero attached hydrogens (tertiary/aromatic N) is 1. The molecule has 0 atom stereocenters. The van der Waals surface area contributed by atoms with E-state index in [4.69, 9.17) is 15.2 Å². The molecule has 1 heterocycles. The highest BCUT2D eigenvalue weighted by Gasteiger charge is 2.22. The van der Waals surface area contributed by atoms with Gasteiger partial charge in [-0.15, -0.1) is 0 Å². The van der Waals surface area contributed by atoms with Gasteiger partial charge in [0.1, 0.15) is 17.1 Å². The molecule has 0 spiro atoms. The zero-order valence-electron chi connectivity index (χ0n) is 16.1. The summed E-state index contributed by atoms with van der Waals surface area (Å²) in [6, 6.07) is 13.6. The molecule has 1 saturated carbocycles. The SMILES string of the molecule is COc1cccc(OC)c1C(=O)NC1CCCC1.Nc1nc2ccccc2s1. The van der Waals surface area contributed by atoms with Crippen molar-refractivity contribution in [3.63, 3.8) is 0 Å². The molecule has 0 saturated heterocycles. The van der Waals surface area contributed by atoms with Crippen LogP contribution >= 0.6 is 11.3 Å². The third kappa shape index (κ3) is 4.72. The van der Waals surface area contributed by atoms with Crippen LogP contribution in [0.3, 0.4) is 0 Å². The van der Waals surface area contributed by atoms with Gasteiger partial charge in [0.05, 0.1) is 24.4 Å². The van der Waals surface area contributed by atoms with Crippen molar-refractivity contribution in [2.24, 2.45) is 0 Å². The molecule has 1 fully saturated rings. The van der Waals surface area contributed by atoms with Crippen molar-refractivity contribution in [3.05, 3.63) is 48.0 Å². The van der Waals surface area contributed by atoms with E-state index in [1.807, 2.05) is 30.3 Å². The smallest absolute Gasteiger partial charge is 0.259 e. The van der Waals surface area contributed by atoms with Crippen molar-refractivity contribution in [2.45, 2.75) is 31.7 Å². The largest absolute Gasteiger partial charge is 0.496 e.